The normalized spacial score (nSPS) is 9.24. The van der Waals surface area contributed by atoms with Crippen molar-refractivity contribution in [2.24, 2.45) is 0 Å². The molecule has 0 unspecified atom stereocenters. The summed E-state index contributed by atoms with van der Waals surface area (Å²) in [6, 6.07) is 0. The Balaban J connectivity index is 0.00000256. The minimum atomic E-state index is -0.382. The van der Waals surface area contributed by atoms with Crippen molar-refractivity contribution < 1.29 is 9.53 Å². The number of halogens is 1. The number of carbonyl (C=O) groups excluding carboxylic acids is 1. The van der Waals surface area contributed by atoms with Gasteiger partial charge in [0.2, 0.25) is 0 Å². The van der Waals surface area contributed by atoms with E-state index in [1.54, 1.807) is 19.3 Å². The molecule has 0 aliphatic heterocycles. The summed E-state index contributed by atoms with van der Waals surface area (Å²) in [5.41, 5.74) is 1.01. The van der Waals surface area contributed by atoms with Gasteiger partial charge in [0.05, 0.1) is 6.61 Å². The van der Waals surface area contributed by atoms with Gasteiger partial charge in [-0.2, -0.15) is 0 Å². The van der Waals surface area contributed by atoms with E-state index in [0.29, 0.717) is 26.2 Å². The van der Waals surface area contributed by atoms with Gasteiger partial charge in [-0.3, -0.25) is 0 Å². The van der Waals surface area contributed by atoms with E-state index in [0.717, 1.165) is 5.56 Å². The molecule has 2 N–H and O–H groups in total. The first-order valence-corrected chi connectivity index (χ1v) is 5.18. The molecular formula is C10H17ClN4O2. The summed E-state index contributed by atoms with van der Waals surface area (Å²) in [7, 11) is 0. The average Bonchev–Trinajstić information content (AvgIpc) is 2.30. The van der Waals surface area contributed by atoms with Gasteiger partial charge < -0.3 is 15.4 Å². The van der Waals surface area contributed by atoms with Crippen LogP contribution in [-0.2, 0) is 11.3 Å². The highest BCUT2D eigenvalue weighted by molar-refractivity contribution is 5.85. The first kappa shape index (κ1) is 15.6. The fraction of sp³-hybridized carbons (Fsp3) is 0.500. The summed E-state index contributed by atoms with van der Waals surface area (Å²) in [5.74, 6) is 0. The van der Waals surface area contributed by atoms with Gasteiger partial charge in [0.1, 0.15) is 6.33 Å². The molecule has 0 bridgehead atoms. The van der Waals surface area contributed by atoms with Gasteiger partial charge in [-0.05, 0) is 6.92 Å². The standard InChI is InChI=1S/C10H16N4O2.ClH/c1-2-16-10(15)14-4-3-11-5-9-6-12-8-13-7-9;/h6-8,11H,2-5H2,1H3,(H,14,15);1H. The van der Waals surface area contributed by atoms with E-state index in [1.165, 1.54) is 6.33 Å². The maximum Gasteiger partial charge on any atom is 0.407 e. The topological polar surface area (TPSA) is 76.1 Å². The zero-order valence-electron chi connectivity index (χ0n) is 9.68. The molecule has 0 fully saturated rings. The summed E-state index contributed by atoms with van der Waals surface area (Å²) in [6.07, 6.45) is 4.61. The molecule has 17 heavy (non-hydrogen) atoms. The summed E-state index contributed by atoms with van der Waals surface area (Å²) < 4.78 is 4.71. The number of aromatic nitrogens is 2. The lowest BCUT2D eigenvalue weighted by atomic mass is 10.3. The molecule has 1 heterocycles. The number of ether oxygens (including phenoxy) is 1. The molecule has 0 atom stereocenters. The molecule has 1 rings (SSSR count). The van der Waals surface area contributed by atoms with Crippen LogP contribution in [0.5, 0.6) is 0 Å². The number of nitrogens with zero attached hydrogens (tertiary/aromatic N) is 2. The maximum absolute atomic E-state index is 10.9. The first-order chi connectivity index (χ1) is 7.83. The summed E-state index contributed by atoms with van der Waals surface area (Å²) in [6.45, 7) is 4.05. The largest absolute Gasteiger partial charge is 0.450 e. The number of nitrogens with one attached hydrogen (secondary N) is 2. The van der Waals surface area contributed by atoms with Crippen LogP contribution < -0.4 is 10.6 Å². The van der Waals surface area contributed by atoms with E-state index in [-0.39, 0.29) is 18.5 Å². The van der Waals surface area contributed by atoms with E-state index in [4.69, 9.17) is 4.74 Å². The van der Waals surface area contributed by atoms with E-state index in [1.807, 2.05) is 0 Å². The van der Waals surface area contributed by atoms with Gasteiger partial charge in [0, 0.05) is 37.6 Å². The molecule has 96 valence electrons. The third kappa shape index (κ3) is 7.48. The lowest BCUT2D eigenvalue weighted by molar-refractivity contribution is 0.152. The fourth-order valence-corrected chi connectivity index (χ4v) is 1.09. The van der Waals surface area contributed by atoms with Crippen LogP contribution in [0.3, 0.4) is 0 Å². The Morgan fingerprint density at radius 2 is 2.06 bits per heavy atom. The van der Waals surface area contributed by atoms with Crippen molar-refractivity contribution in [3.8, 4) is 0 Å². The number of amides is 1. The third-order valence-corrected chi connectivity index (χ3v) is 1.79. The predicted octanol–water partition coefficient (Wildman–Crippen LogP) is 0.734. The predicted molar refractivity (Wildman–Crippen MR) is 66.0 cm³/mol. The van der Waals surface area contributed by atoms with Crippen molar-refractivity contribution >= 4 is 18.5 Å². The highest BCUT2D eigenvalue weighted by Gasteiger charge is 1.97. The van der Waals surface area contributed by atoms with E-state index >= 15 is 0 Å². The summed E-state index contributed by atoms with van der Waals surface area (Å²) in [4.78, 5) is 18.7. The zero-order chi connectivity index (χ0) is 11.6. The monoisotopic (exact) mass is 260 g/mol. The molecule has 1 aromatic rings. The number of carbonyl (C=O) groups is 1. The zero-order valence-corrected chi connectivity index (χ0v) is 10.5. The summed E-state index contributed by atoms with van der Waals surface area (Å²) >= 11 is 0. The molecule has 1 amide bonds. The number of hydrogen-bond donors (Lipinski definition) is 2. The van der Waals surface area contributed by atoms with Crippen molar-refractivity contribution in [2.75, 3.05) is 19.7 Å². The molecule has 0 aromatic carbocycles. The van der Waals surface area contributed by atoms with Gasteiger partial charge in [-0.15, -0.1) is 12.4 Å². The van der Waals surface area contributed by atoms with Gasteiger partial charge in [0.25, 0.3) is 0 Å². The molecule has 1 aromatic heterocycles. The molecule has 0 aliphatic carbocycles. The Kier molecular flexibility index (Phi) is 8.99. The van der Waals surface area contributed by atoms with Gasteiger partial charge in [-0.1, -0.05) is 0 Å². The van der Waals surface area contributed by atoms with Crippen molar-refractivity contribution in [3.63, 3.8) is 0 Å². The highest BCUT2D eigenvalue weighted by Crippen LogP contribution is 1.90. The van der Waals surface area contributed by atoms with Crippen molar-refractivity contribution in [2.45, 2.75) is 13.5 Å². The second-order valence-electron chi connectivity index (χ2n) is 3.07. The molecule has 0 spiro atoms. The maximum atomic E-state index is 10.9. The van der Waals surface area contributed by atoms with Crippen LogP contribution in [0, 0.1) is 0 Å². The lowest BCUT2D eigenvalue weighted by Crippen LogP contribution is -2.32. The first-order valence-electron chi connectivity index (χ1n) is 5.18. The fourth-order valence-electron chi connectivity index (χ4n) is 1.09. The number of hydrogen-bond acceptors (Lipinski definition) is 5. The molecule has 0 saturated heterocycles. The van der Waals surface area contributed by atoms with Crippen LogP contribution in [0.1, 0.15) is 12.5 Å². The molecule has 0 saturated carbocycles. The second kappa shape index (κ2) is 9.80. The highest BCUT2D eigenvalue weighted by atomic mass is 35.5. The molecule has 6 nitrogen and oxygen atoms in total. The van der Waals surface area contributed by atoms with Crippen LogP contribution >= 0.6 is 12.4 Å². The van der Waals surface area contributed by atoms with E-state index in [2.05, 4.69) is 20.6 Å². The Labute approximate surface area is 107 Å². The Morgan fingerprint density at radius 3 is 2.71 bits per heavy atom. The molecule has 7 heteroatoms. The van der Waals surface area contributed by atoms with E-state index < -0.39 is 0 Å². The molecule has 0 aliphatic rings. The third-order valence-electron chi connectivity index (χ3n) is 1.79. The summed E-state index contributed by atoms with van der Waals surface area (Å²) in [5, 5.41) is 5.76. The Morgan fingerprint density at radius 1 is 1.35 bits per heavy atom. The van der Waals surface area contributed by atoms with Crippen LogP contribution in [0.2, 0.25) is 0 Å². The average molecular weight is 261 g/mol. The van der Waals surface area contributed by atoms with Gasteiger partial charge in [-0.25, -0.2) is 14.8 Å². The van der Waals surface area contributed by atoms with Crippen LogP contribution in [-0.4, -0.2) is 35.8 Å². The molecule has 0 radical (unpaired) electrons. The van der Waals surface area contributed by atoms with Gasteiger partial charge >= 0.3 is 6.09 Å². The van der Waals surface area contributed by atoms with Crippen LogP contribution in [0.4, 0.5) is 4.79 Å². The number of alkyl carbamates (subject to hydrolysis) is 1. The lowest BCUT2D eigenvalue weighted by Gasteiger charge is -2.06. The van der Waals surface area contributed by atoms with Crippen LogP contribution in [0.25, 0.3) is 0 Å². The van der Waals surface area contributed by atoms with Crippen molar-refractivity contribution in [1.29, 1.82) is 0 Å². The SMILES string of the molecule is CCOC(=O)NCCNCc1cncnc1.Cl. The quantitative estimate of drug-likeness (QED) is 0.738. The minimum absolute atomic E-state index is 0. The Hall–Kier alpha value is -1.40. The minimum Gasteiger partial charge on any atom is -0.450 e. The van der Waals surface area contributed by atoms with Crippen molar-refractivity contribution in [1.82, 2.24) is 20.6 Å². The number of rotatable bonds is 6. The smallest absolute Gasteiger partial charge is 0.407 e. The Bertz CT molecular complexity index is 310. The van der Waals surface area contributed by atoms with E-state index in [9.17, 15) is 4.79 Å². The van der Waals surface area contributed by atoms with Crippen molar-refractivity contribution in [3.05, 3.63) is 24.3 Å². The van der Waals surface area contributed by atoms with Crippen LogP contribution in [0.15, 0.2) is 18.7 Å². The van der Waals surface area contributed by atoms with Gasteiger partial charge in [0.15, 0.2) is 0 Å². The second-order valence-corrected chi connectivity index (χ2v) is 3.07. The molecular weight excluding hydrogens is 244 g/mol.